The molecule has 0 radical (unpaired) electrons. The highest BCUT2D eigenvalue weighted by Gasteiger charge is 2.06. The van der Waals surface area contributed by atoms with Gasteiger partial charge in [0.1, 0.15) is 5.75 Å². The Bertz CT molecular complexity index is 530. The Morgan fingerprint density at radius 2 is 1.95 bits per heavy atom. The molecular weight excluding hydrogens is 306 g/mol. The topological polar surface area (TPSA) is 61.0 Å². The van der Waals surface area contributed by atoms with Gasteiger partial charge in [-0.15, -0.1) is 0 Å². The number of ether oxygens (including phenoxy) is 1. The molecule has 1 unspecified atom stereocenters. The molecule has 0 spiro atoms. The van der Waals surface area contributed by atoms with Crippen molar-refractivity contribution in [3.05, 3.63) is 46.7 Å². The van der Waals surface area contributed by atoms with Crippen LogP contribution in [0.5, 0.6) is 11.8 Å². The zero-order valence-corrected chi connectivity index (χ0v) is 12.3. The summed E-state index contributed by atoms with van der Waals surface area (Å²) in [6.07, 6.45) is 5.24. The summed E-state index contributed by atoms with van der Waals surface area (Å²) in [7, 11) is 0. The Balaban J connectivity index is 2.05. The number of aromatic nitrogens is 2. The van der Waals surface area contributed by atoms with Gasteiger partial charge in [0.05, 0.1) is 4.47 Å². The van der Waals surface area contributed by atoms with Gasteiger partial charge in [0.25, 0.3) is 0 Å². The van der Waals surface area contributed by atoms with Crippen molar-refractivity contribution in [2.75, 3.05) is 0 Å². The molecule has 2 rings (SSSR count). The zero-order chi connectivity index (χ0) is 13.7. The molecule has 19 heavy (non-hydrogen) atoms. The van der Waals surface area contributed by atoms with Crippen molar-refractivity contribution in [3.8, 4) is 11.8 Å². The number of hydrogen-bond acceptors (Lipinski definition) is 4. The summed E-state index contributed by atoms with van der Waals surface area (Å²) in [4.78, 5) is 8.39. The minimum atomic E-state index is 0.152. The van der Waals surface area contributed by atoms with Crippen LogP contribution in [0.25, 0.3) is 0 Å². The predicted molar refractivity (Wildman–Crippen MR) is 78.2 cm³/mol. The van der Waals surface area contributed by atoms with Crippen LogP contribution in [0.15, 0.2) is 41.1 Å². The zero-order valence-electron chi connectivity index (χ0n) is 10.7. The third kappa shape index (κ3) is 4.01. The second kappa shape index (κ2) is 6.63. The van der Waals surface area contributed by atoms with Crippen LogP contribution >= 0.6 is 15.9 Å². The Kier molecular flexibility index (Phi) is 4.87. The third-order valence-corrected chi connectivity index (χ3v) is 3.40. The van der Waals surface area contributed by atoms with Crippen molar-refractivity contribution in [3.63, 3.8) is 0 Å². The summed E-state index contributed by atoms with van der Waals surface area (Å²) in [5.41, 5.74) is 6.92. The highest BCUT2D eigenvalue weighted by Crippen LogP contribution is 2.27. The standard InChI is InChI=1S/C14H16BrN3O/c1-2-11(16)7-10-8-17-14(18-9-10)19-13-6-4-3-5-12(13)15/h3-6,8-9,11H,2,7,16H2,1H3. The Morgan fingerprint density at radius 3 is 2.58 bits per heavy atom. The molecule has 1 heterocycles. The number of nitrogens with zero attached hydrogens (tertiary/aromatic N) is 2. The Hall–Kier alpha value is -1.46. The lowest BCUT2D eigenvalue weighted by Crippen LogP contribution is -2.21. The van der Waals surface area contributed by atoms with Crippen LogP contribution in [0.3, 0.4) is 0 Å². The molecule has 4 nitrogen and oxygen atoms in total. The van der Waals surface area contributed by atoms with Gasteiger partial charge >= 0.3 is 6.01 Å². The van der Waals surface area contributed by atoms with Gasteiger partial charge < -0.3 is 10.5 Å². The van der Waals surface area contributed by atoms with E-state index in [1.807, 2.05) is 24.3 Å². The van der Waals surface area contributed by atoms with E-state index >= 15 is 0 Å². The molecule has 0 aliphatic rings. The molecule has 2 N–H and O–H groups in total. The Morgan fingerprint density at radius 1 is 1.26 bits per heavy atom. The molecule has 0 saturated carbocycles. The van der Waals surface area contributed by atoms with Crippen LogP contribution in [-0.4, -0.2) is 16.0 Å². The summed E-state index contributed by atoms with van der Waals surface area (Å²) in [6, 6.07) is 8.07. The van der Waals surface area contributed by atoms with Gasteiger partial charge in [-0.05, 0) is 46.5 Å². The van der Waals surface area contributed by atoms with Crippen LogP contribution in [-0.2, 0) is 6.42 Å². The van der Waals surface area contributed by atoms with Gasteiger partial charge in [0.2, 0.25) is 0 Å². The number of para-hydroxylation sites is 1. The fourth-order valence-electron chi connectivity index (χ4n) is 1.57. The van der Waals surface area contributed by atoms with Crippen molar-refractivity contribution in [1.29, 1.82) is 0 Å². The first-order valence-electron chi connectivity index (χ1n) is 6.18. The van der Waals surface area contributed by atoms with Gasteiger partial charge in [-0.2, -0.15) is 0 Å². The van der Waals surface area contributed by atoms with E-state index in [9.17, 15) is 0 Å². The molecule has 1 atom stereocenters. The fourth-order valence-corrected chi connectivity index (χ4v) is 1.94. The lowest BCUT2D eigenvalue weighted by molar-refractivity contribution is 0.438. The Labute approximate surface area is 121 Å². The molecule has 0 saturated heterocycles. The first-order valence-corrected chi connectivity index (χ1v) is 6.97. The maximum absolute atomic E-state index is 5.89. The van der Waals surface area contributed by atoms with Gasteiger partial charge in [-0.25, -0.2) is 9.97 Å². The highest BCUT2D eigenvalue weighted by molar-refractivity contribution is 9.10. The van der Waals surface area contributed by atoms with Crippen LogP contribution in [0.1, 0.15) is 18.9 Å². The van der Waals surface area contributed by atoms with Gasteiger partial charge in [0, 0.05) is 18.4 Å². The van der Waals surface area contributed by atoms with Crippen LogP contribution in [0, 0.1) is 0 Å². The average molecular weight is 322 g/mol. The van der Waals surface area contributed by atoms with E-state index < -0.39 is 0 Å². The molecule has 0 bridgehead atoms. The molecule has 0 amide bonds. The largest absolute Gasteiger partial charge is 0.423 e. The summed E-state index contributed by atoms with van der Waals surface area (Å²) in [6.45, 7) is 2.07. The van der Waals surface area contributed by atoms with Crippen LogP contribution in [0.4, 0.5) is 0 Å². The quantitative estimate of drug-likeness (QED) is 0.917. The molecule has 0 fully saturated rings. The molecule has 1 aromatic heterocycles. The van der Waals surface area contributed by atoms with E-state index in [0.29, 0.717) is 11.8 Å². The smallest absolute Gasteiger partial charge is 0.321 e. The summed E-state index contributed by atoms with van der Waals surface area (Å²) >= 11 is 3.41. The minimum absolute atomic E-state index is 0.152. The van der Waals surface area contributed by atoms with Gasteiger partial charge in [-0.1, -0.05) is 19.1 Å². The summed E-state index contributed by atoms with van der Waals surface area (Å²) < 4.78 is 6.47. The SMILES string of the molecule is CCC(N)Cc1cnc(Oc2ccccc2Br)nc1. The number of benzene rings is 1. The first-order chi connectivity index (χ1) is 9.19. The summed E-state index contributed by atoms with van der Waals surface area (Å²) in [5.74, 6) is 0.695. The van der Waals surface area contributed by atoms with E-state index in [-0.39, 0.29) is 6.04 Å². The second-order valence-corrected chi connectivity index (χ2v) is 5.13. The molecule has 5 heteroatoms. The van der Waals surface area contributed by atoms with E-state index in [1.165, 1.54) is 0 Å². The van der Waals surface area contributed by atoms with E-state index in [4.69, 9.17) is 10.5 Å². The van der Waals surface area contributed by atoms with E-state index in [2.05, 4.69) is 32.8 Å². The fraction of sp³-hybridized carbons (Fsp3) is 0.286. The average Bonchev–Trinajstić information content (AvgIpc) is 2.43. The normalized spacial score (nSPS) is 12.2. The van der Waals surface area contributed by atoms with Gasteiger partial charge in [0.15, 0.2) is 0 Å². The predicted octanol–water partition coefficient (Wildman–Crippen LogP) is 3.31. The van der Waals surface area contributed by atoms with Crippen molar-refractivity contribution < 1.29 is 4.74 Å². The number of halogens is 1. The van der Waals surface area contributed by atoms with E-state index in [0.717, 1.165) is 22.9 Å². The lowest BCUT2D eigenvalue weighted by Gasteiger charge is -2.09. The minimum Gasteiger partial charge on any atom is -0.423 e. The maximum Gasteiger partial charge on any atom is 0.321 e. The van der Waals surface area contributed by atoms with Crippen molar-refractivity contribution >= 4 is 15.9 Å². The van der Waals surface area contributed by atoms with Crippen molar-refractivity contribution in [2.45, 2.75) is 25.8 Å². The summed E-state index contributed by atoms with van der Waals surface area (Å²) in [5, 5.41) is 0. The number of rotatable bonds is 5. The number of nitrogens with two attached hydrogens (primary N) is 1. The third-order valence-electron chi connectivity index (χ3n) is 2.74. The number of hydrogen-bond donors (Lipinski definition) is 1. The second-order valence-electron chi connectivity index (χ2n) is 4.28. The van der Waals surface area contributed by atoms with Gasteiger partial charge in [-0.3, -0.25) is 0 Å². The molecular formula is C14H16BrN3O. The molecule has 2 aromatic rings. The van der Waals surface area contributed by atoms with Crippen LogP contribution < -0.4 is 10.5 Å². The van der Waals surface area contributed by atoms with Crippen LogP contribution in [0.2, 0.25) is 0 Å². The van der Waals surface area contributed by atoms with Crippen molar-refractivity contribution in [2.24, 2.45) is 5.73 Å². The highest BCUT2D eigenvalue weighted by atomic mass is 79.9. The molecule has 0 aliphatic heterocycles. The maximum atomic E-state index is 5.89. The van der Waals surface area contributed by atoms with Crippen molar-refractivity contribution in [1.82, 2.24) is 9.97 Å². The molecule has 100 valence electrons. The molecule has 0 aliphatic carbocycles. The monoisotopic (exact) mass is 321 g/mol. The van der Waals surface area contributed by atoms with E-state index in [1.54, 1.807) is 12.4 Å². The lowest BCUT2D eigenvalue weighted by atomic mass is 10.1. The molecule has 1 aromatic carbocycles. The first kappa shape index (κ1) is 14.0.